The minimum atomic E-state index is -0.221. The van der Waals surface area contributed by atoms with Crippen molar-refractivity contribution in [2.24, 2.45) is 0 Å². The first kappa shape index (κ1) is 17.5. The first-order chi connectivity index (χ1) is 11.4. The van der Waals surface area contributed by atoms with Gasteiger partial charge in [0, 0.05) is 18.3 Å². The van der Waals surface area contributed by atoms with Gasteiger partial charge in [-0.05, 0) is 47.9 Å². The average Bonchev–Trinajstić information content (AvgIpc) is 2.54. The Kier molecular flexibility index (Phi) is 5.95. The maximum absolute atomic E-state index is 12.0. The van der Waals surface area contributed by atoms with E-state index in [1.165, 1.54) is 12.5 Å². The zero-order chi connectivity index (χ0) is 17.5. The smallest absolute Gasteiger partial charge is 0.262 e. The van der Waals surface area contributed by atoms with Gasteiger partial charge in [0.25, 0.3) is 5.91 Å². The van der Waals surface area contributed by atoms with Crippen LogP contribution in [0.3, 0.4) is 0 Å². The Balaban J connectivity index is 1.87. The fourth-order valence-corrected chi connectivity index (χ4v) is 2.16. The highest BCUT2D eigenvalue weighted by atomic mass is 16.5. The van der Waals surface area contributed by atoms with Gasteiger partial charge < -0.3 is 15.4 Å². The summed E-state index contributed by atoms with van der Waals surface area (Å²) in [6.45, 7) is 5.58. The maximum Gasteiger partial charge on any atom is 0.262 e. The number of nitrogens with one attached hydrogen (secondary N) is 2. The Hall–Kier alpha value is -2.82. The van der Waals surface area contributed by atoms with Crippen LogP contribution >= 0.6 is 0 Å². The number of carbonyl (C=O) groups is 2. The van der Waals surface area contributed by atoms with Crippen LogP contribution in [0.25, 0.3) is 0 Å². The van der Waals surface area contributed by atoms with Crippen molar-refractivity contribution >= 4 is 23.2 Å². The molecule has 0 bridgehead atoms. The number of hydrogen-bond acceptors (Lipinski definition) is 3. The van der Waals surface area contributed by atoms with Gasteiger partial charge in [0.2, 0.25) is 5.91 Å². The molecule has 0 fully saturated rings. The number of ether oxygens (including phenoxy) is 1. The third-order valence-electron chi connectivity index (χ3n) is 3.38. The second kappa shape index (κ2) is 8.15. The fourth-order valence-electron chi connectivity index (χ4n) is 2.16. The lowest BCUT2D eigenvalue weighted by Gasteiger charge is -2.10. The van der Waals surface area contributed by atoms with E-state index in [-0.39, 0.29) is 18.4 Å². The van der Waals surface area contributed by atoms with Crippen LogP contribution in [0, 0.1) is 0 Å². The standard InChI is InChI=1S/C19H22N2O3/c1-13(2)15-5-4-6-17(11-15)21-19(23)12-24-18-9-7-16(8-10-18)20-14(3)22/h4-11,13H,12H2,1-3H3,(H,20,22)(H,21,23). The highest BCUT2D eigenvalue weighted by Gasteiger charge is 2.06. The van der Waals surface area contributed by atoms with Gasteiger partial charge in [0.1, 0.15) is 5.75 Å². The van der Waals surface area contributed by atoms with Gasteiger partial charge in [-0.25, -0.2) is 0 Å². The second-order valence-corrected chi connectivity index (χ2v) is 5.82. The topological polar surface area (TPSA) is 67.4 Å². The third-order valence-corrected chi connectivity index (χ3v) is 3.38. The van der Waals surface area contributed by atoms with Crippen molar-refractivity contribution in [1.29, 1.82) is 0 Å². The van der Waals surface area contributed by atoms with E-state index in [0.717, 1.165) is 5.69 Å². The molecule has 0 spiro atoms. The molecule has 2 aromatic carbocycles. The lowest BCUT2D eigenvalue weighted by molar-refractivity contribution is -0.118. The molecule has 2 N–H and O–H groups in total. The highest BCUT2D eigenvalue weighted by Crippen LogP contribution is 2.19. The Labute approximate surface area is 142 Å². The Bertz CT molecular complexity index is 709. The third kappa shape index (κ3) is 5.43. The quantitative estimate of drug-likeness (QED) is 0.849. The van der Waals surface area contributed by atoms with Crippen LogP contribution in [-0.4, -0.2) is 18.4 Å². The predicted octanol–water partition coefficient (Wildman–Crippen LogP) is 3.79. The SMILES string of the molecule is CC(=O)Nc1ccc(OCC(=O)Nc2cccc(C(C)C)c2)cc1. The van der Waals surface area contributed by atoms with Crippen molar-refractivity contribution in [1.82, 2.24) is 0 Å². The van der Waals surface area contributed by atoms with Crippen LogP contribution < -0.4 is 15.4 Å². The highest BCUT2D eigenvalue weighted by molar-refractivity contribution is 5.92. The van der Waals surface area contributed by atoms with E-state index in [0.29, 0.717) is 17.4 Å². The van der Waals surface area contributed by atoms with E-state index < -0.39 is 0 Å². The molecular weight excluding hydrogens is 304 g/mol. The van der Waals surface area contributed by atoms with Crippen molar-refractivity contribution in [2.75, 3.05) is 17.2 Å². The molecule has 0 aromatic heterocycles. The summed E-state index contributed by atoms with van der Waals surface area (Å²) in [6, 6.07) is 14.6. The molecule has 0 heterocycles. The molecule has 0 aliphatic heterocycles. The van der Waals surface area contributed by atoms with Crippen LogP contribution in [0.1, 0.15) is 32.3 Å². The number of benzene rings is 2. The lowest BCUT2D eigenvalue weighted by atomic mass is 10.0. The molecule has 126 valence electrons. The summed E-state index contributed by atoms with van der Waals surface area (Å²) in [4.78, 5) is 22.9. The second-order valence-electron chi connectivity index (χ2n) is 5.82. The molecule has 2 aromatic rings. The molecule has 0 unspecified atom stereocenters. The van der Waals surface area contributed by atoms with Gasteiger partial charge in [-0.2, -0.15) is 0 Å². The van der Waals surface area contributed by atoms with Crippen molar-refractivity contribution in [2.45, 2.75) is 26.7 Å². The van der Waals surface area contributed by atoms with E-state index in [9.17, 15) is 9.59 Å². The van der Waals surface area contributed by atoms with Gasteiger partial charge in [-0.1, -0.05) is 26.0 Å². The molecular formula is C19H22N2O3. The van der Waals surface area contributed by atoms with Crippen molar-refractivity contribution in [3.05, 3.63) is 54.1 Å². The summed E-state index contributed by atoms with van der Waals surface area (Å²) in [7, 11) is 0. The van der Waals surface area contributed by atoms with Crippen molar-refractivity contribution in [3.63, 3.8) is 0 Å². The van der Waals surface area contributed by atoms with E-state index in [4.69, 9.17) is 4.74 Å². The summed E-state index contributed by atoms with van der Waals surface area (Å²) in [5.74, 6) is 0.615. The minimum absolute atomic E-state index is 0.0780. The molecule has 0 saturated carbocycles. The van der Waals surface area contributed by atoms with E-state index in [1.54, 1.807) is 24.3 Å². The van der Waals surface area contributed by atoms with Gasteiger partial charge in [-0.3, -0.25) is 9.59 Å². The summed E-state index contributed by atoms with van der Waals surface area (Å²) < 4.78 is 5.45. The first-order valence-corrected chi connectivity index (χ1v) is 7.84. The number of anilines is 2. The molecule has 0 atom stereocenters. The van der Waals surface area contributed by atoms with Crippen molar-refractivity contribution < 1.29 is 14.3 Å². The summed E-state index contributed by atoms with van der Waals surface area (Å²) >= 11 is 0. The summed E-state index contributed by atoms with van der Waals surface area (Å²) in [5.41, 5.74) is 2.61. The summed E-state index contributed by atoms with van der Waals surface area (Å²) in [6.07, 6.45) is 0. The Morgan fingerprint density at radius 3 is 2.33 bits per heavy atom. The Morgan fingerprint density at radius 1 is 1.00 bits per heavy atom. The van der Waals surface area contributed by atoms with Crippen LogP contribution in [0.2, 0.25) is 0 Å². The monoisotopic (exact) mass is 326 g/mol. The first-order valence-electron chi connectivity index (χ1n) is 7.84. The average molecular weight is 326 g/mol. The molecule has 5 nitrogen and oxygen atoms in total. The van der Waals surface area contributed by atoms with Gasteiger partial charge in [0.05, 0.1) is 0 Å². The molecule has 0 aliphatic carbocycles. The van der Waals surface area contributed by atoms with Gasteiger partial charge in [-0.15, -0.1) is 0 Å². The number of rotatable bonds is 6. The number of hydrogen-bond donors (Lipinski definition) is 2. The maximum atomic E-state index is 12.0. The number of amides is 2. The van der Waals surface area contributed by atoms with E-state index in [1.807, 2.05) is 24.3 Å². The molecule has 2 rings (SSSR count). The lowest BCUT2D eigenvalue weighted by Crippen LogP contribution is -2.20. The molecule has 2 amide bonds. The molecule has 24 heavy (non-hydrogen) atoms. The molecule has 0 aliphatic rings. The Morgan fingerprint density at radius 2 is 1.71 bits per heavy atom. The fraction of sp³-hybridized carbons (Fsp3) is 0.263. The zero-order valence-electron chi connectivity index (χ0n) is 14.1. The molecule has 0 radical (unpaired) electrons. The van der Waals surface area contributed by atoms with Gasteiger partial charge in [0.15, 0.2) is 6.61 Å². The van der Waals surface area contributed by atoms with Crippen LogP contribution in [0.15, 0.2) is 48.5 Å². The van der Waals surface area contributed by atoms with E-state index >= 15 is 0 Å². The molecule has 0 saturated heterocycles. The van der Waals surface area contributed by atoms with Crippen molar-refractivity contribution in [3.8, 4) is 5.75 Å². The summed E-state index contributed by atoms with van der Waals surface area (Å²) in [5, 5.41) is 5.49. The van der Waals surface area contributed by atoms with Gasteiger partial charge >= 0.3 is 0 Å². The molecule has 5 heteroatoms. The van der Waals surface area contributed by atoms with Crippen LogP contribution in [-0.2, 0) is 9.59 Å². The van der Waals surface area contributed by atoms with Crippen LogP contribution in [0.5, 0.6) is 5.75 Å². The largest absolute Gasteiger partial charge is 0.484 e. The van der Waals surface area contributed by atoms with Crippen LogP contribution in [0.4, 0.5) is 11.4 Å². The zero-order valence-corrected chi connectivity index (χ0v) is 14.1. The predicted molar refractivity (Wildman–Crippen MR) is 95.4 cm³/mol. The normalized spacial score (nSPS) is 10.3. The van der Waals surface area contributed by atoms with E-state index in [2.05, 4.69) is 24.5 Å². The minimum Gasteiger partial charge on any atom is -0.484 e. The number of carbonyl (C=O) groups excluding carboxylic acids is 2.